The molecular weight excluding hydrogens is 564 g/mol. The van der Waals surface area contributed by atoms with Gasteiger partial charge in [0.25, 0.3) is 13.9 Å². The van der Waals surface area contributed by atoms with Crippen molar-refractivity contribution < 1.29 is 18.7 Å². The molecular formula is C31H38N6O5Si. The normalized spacial score (nSPS) is 19.3. The van der Waals surface area contributed by atoms with E-state index in [1.165, 1.54) is 19.6 Å². The maximum atomic E-state index is 12.8. The zero-order chi connectivity index (χ0) is 30.8. The second-order valence-corrected chi connectivity index (χ2v) is 16.2. The summed E-state index contributed by atoms with van der Waals surface area (Å²) >= 11 is 0. The second kappa shape index (κ2) is 12.2. The molecule has 0 amide bonds. The number of nitrogens with zero attached hydrogens (tertiary/aromatic N) is 5. The molecule has 1 saturated heterocycles. The Morgan fingerprint density at radius 3 is 2.33 bits per heavy atom. The van der Waals surface area contributed by atoms with Crippen LogP contribution in [-0.2, 0) is 18.7 Å². The van der Waals surface area contributed by atoms with Crippen LogP contribution >= 0.6 is 0 Å². The fourth-order valence-corrected chi connectivity index (χ4v) is 10.3. The summed E-state index contributed by atoms with van der Waals surface area (Å²) in [5, 5.41) is 2.11. The van der Waals surface area contributed by atoms with Crippen molar-refractivity contribution in [2.45, 2.75) is 57.6 Å². The molecule has 43 heavy (non-hydrogen) atoms. The smallest absolute Gasteiger partial charge is 0.303 e. The molecule has 0 unspecified atom stereocenters. The minimum absolute atomic E-state index is 0.126. The minimum atomic E-state index is -2.82. The molecule has 3 atom stereocenters. The first-order valence-electron chi connectivity index (χ1n) is 14.2. The summed E-state index contributed by atoms with van der Waals surface area (Å²) in [5.74, 6) is -0.305. The van der Waals surface area contributed by atoms with E-state index >= 15 is 0 Å². The first-order valence-corrected chi connectivity index (χ1v) is 16.2. The van der Waals surface area contributed by atoms with Crippen molar-refractivity contribution in [3.8, 4) is 0 Å². The van der Waals surface area contributed by atoms with Crippen LogP contribution in [0.4, 0.5) is 5.95 Å². The molecule has 0 bridgehead atoms. The predicted molar refractivity (Wildman–Crippen MR) is 168 cm³/mol. The van der Waals surface area contributed by atoms with Crippen LogP contribution in [0.25, 0.3) is 11.2 Å². The summed E-state index contributed by atoms with van der Waals surface area (Å²) in [6, 6.07) is 20.8. The lowest BCUT2D eigenvalue weighted by molar-refractivity contribution is -0.152. The Morgan fingerprint density at radius 2 is 1.77 bits per heavy atom. The summed E-state index contributed by atoms with van der Waals surface area (Å²) in [6.45, 7) is 8.30. The van der Waals surface area contributed by atoms with Gasteiger partial charge in [-0.3, -0.25) is 19.1 Å². The number of esters is 1. The average Bonchev–Trinajstić information content (AvgIpc) is 3.56. The van der Waals surface area contributed by atoms with E-state index in [2.05, 4.69) is 65.0 Å². The predicted octanol–water partition coefficient (Wildman–Crippen LogP) is 3.14. The van der Waals surface area contributed by atoms with Crippen LogP contribution < -0.4 is 15.9 Å². The summed E-state index contributed by atoms with van der Waals surface area (Å²) in [5.41, 5.74) is -0.00499. The number of hydrogen-bond donors (Lipinski definition) is 1. The van der Waals surface area contributed by atoms with Gasteiger partial charge in [0.05, 0.1) is 25.4 Å². The van der Waals surface area contributed by atoms with Crippen LogP contribution in [-0.4, -0.2) is 78.0 Å². The maximum absolute atomic E-state index is 12.8. The Labute approximate surface area is 251 Å². The summed E-state index contributed by atoms with van der Waals surface area (Å²) < 4.78 is 21.0. The van der Waals surface area contributed by atoms with Gasteiger partial charge in [-0.15, -0.1) is 0 Å². The molecule has 5 rings (SSSR count). The average molecular weight is 603 g/mol. The Morgan fingerprint density at radius 1 is 1.14 bits per heavy atom. The molecule has 4 aromatic rings. The molecule has 0 saturated carbocycles. The molecule has 11 nitrogen and oxygen atoms in total. The third-order valence-electron chi connectivity index (χ3n) is 7.47. The van der Waals surface area contributed by atoms with Crippen LogP contribution in [0.1, 0.15) is 40.3 Å². The van der Waals surface area contributed by atoms with E-state index in [0.29, 0.717) is 6.42 Å². The van der Waals surface area contributed by atoms with Crippen molar-refractivity contribution in [1.82, 2.24) is 24.4 Å². The topological polar surface area (TPSA) is 124 Å². The van der Waals surface area contributed by atoms with Gasteiger partial charge in [-0.2, -0.15) is 4.98 Å². The summed E-state index contributed by atoms with van der Waals surface area (Å²) in [6.07, 6.45) is 1.62. The monoisotopic (exact) mass is 602 g/mol. The molecule has 226 valence electrons. The highest BCUT2D eigenvalue weighted by Crippen LogP contribution is 2.39. The third kappa shape index (κ3) is 6.17. The first kappa shape index (κ1) is 30.3. The highest BCUT2D eigenvalue weighted by atomic mass is 28.4. The van der Waals surface area contributed by atoms with Crippen molar-refractivity contribution in [3.63, 3.8) is 0 Å². The molecule has 1 fully saturated rings. The fourth-order valence-electron chi connectivity index (χ4n) is 5.70. The number of benzene rings is 2. The zero-order valence-corrected chi connectivity index (χ0v) is 26.4. The van der Waals surface area contributed by atoms with Gasteiger partial charge < -0.3 is 18.8 Å². The number of fused-ring (bicyclic) bond motifs is 1. The molecule has 12 heteroatoms. The standard InChI is InChI=1S/C31H38N6O5Si/c1-21(38)41-25-17-22(42-29(25)37-20-32-26-27(37)34-30(35-28(26)39)33-19-36(5)6)18-40-43(31(2,3)4,23-13-9-7-10-14-23)24-15-11-8-12-16-24/h7-16,19-20,22,25,29H,17-18H2,1-6H3,(H,34,35,39)/b33-19+/t22-,25+,29+/m0/s1. The number of imidazole rings is 1. The van der Waals surface area contributed by atoms with E-state index in [0.717, 1.165) is 10.4 Å². The van der Waals surface area contributed by atoms with Crippen LogP contribution in [0.5, 0.6) is 0 Å². The number of aromatic nitrogens is 4. The molecule has 2 aromatic carbocycles. The Bertz CT molecular complexity index is 1610. The van der Waals surface area contributed by atoms with E-state index in [4.69, 9.17) is 13.9 Å². The van der Waals surface area contributed by atoms with Crippen molar-refractivity contribution in [1.29, 1.82) is 0 Å². The molecule has 0 radical (unpaired) electrons. The minimum Gasteiger partial charge on any atom is -0.458 e. The van der Waals surface area contributed by atoms with Crippen LogP contribution in [0.3, 0.4) is 0 Å². The van der Waals surface area contributed by atoms with Crippen LogP contribution in [0.15, 0.2) is 76.8 Å². The second-order valence-electron chi connectivity index (χ2n) is 11.9. The van der Waals surface area contributed by atoms with Crippen molar-refractivity contribution in [3.05, 3.63) is 77.3 Å². The number of hydrogen-bond acceptors (Lipinski definition) is 8. The van der Waals surface area contributed by atoms with Crippen LogP contribution in [0, 0.1) is 0 Å². The third-order valence-corrected chi connectivity index (χ3v) is 12.5. The quantitative estimate of drug-likeness (QED) is 0.134. The van der Waals surface area contributed by atoms with Gasteiger partial charge in [-0.25, -0.2) is 9.98 Å². The van der Waals surface area contributed by atoms with Gasteiger partial charge in [-0.1, -0.05) is 81.4 Å². The molecule has 0 aliphatic carbocycles. The Balaban J connectivity index is 1.49. The molecule has 0 spiro atoms. The first-order chi connectivity index (χ1) is 20.5. The lowest BCUT2D eigenvalue weighted by Crippen LogP contribution is -2.67. The highest BCUT2D eigenvalue weighted by Gasteiger charge is 2.51. The number of aliphatic imine (C=N–C) groups is 1. The van der Waals surface area contributed by atoms with Gasteiger partial charge in [-0.05, 0) is 15.4 Å². The van der Waals surface area contributed by atoms with E-state index in [-0.39, 0.29) is 28.8 Å². The van der Waals surface area contributed by atoms with E-state index in [1.54, 1.807) is 9.47 Å². The number of carbonyl (C=O) groups excluding carboxylic acids is 1. The highest BCUT2D eigenvalue weighted by molar-refractivity contribution is 6.99. The largest absolute Gasteiger partial charge is 0.458 e. The Kier molecular flexibility index (Phi) is 8.63. The SMILES string of the molecule is CC(=O)O[C@@H]1C[C@@H](CO[Si](c2ccccc2)(c2ccccc2)C(C)(C)C)O[C@H]1n1cnc2c(=O)[nH]c(/N=C/N(C)C)nc21. The van der Waals surface area contributed by atoms with Gasteiger partial charge in [0.1, 0.15) is 6.10 Å². The molecule has 3 heterocycles. The number of rotatable bonds is 9. The van der Waals surface area contributed by atoms with Gasteiger partial charge in [0.2, 0.25) is 5.95 Å². The fraction of sp³-hybridized carbons (Fsp3) is 0.387. The lowest BCUT2D eigenvalue weighted by atomic mass is 10.2. The van der Waals surface area contributed by atoms with Crippen molar-refractivity contribution in [2.24, 2.45) is 4.99 Å². The zero-order valence-electron chi connectivity index (χ0n) is 25.4. The van der Waals surface area contributed by atoms with E-state index < -0.39 is 38.3 Å². The lowest BCUT2D eigenvalue weighted by Gasteiger charge is -2.43. The van der Waals surface area contributed by atoms with Gasteiger partial charge in [0.15, 0.2) is 17.4 Å². The van der Waals surface area contributed by atoms with E-state index in [1.807, 2.05) is 50.5 Å². The molecule has 1 aliphatic heterocycles. The number of ether oxygens (including phenoxy) is 2. The van der Waals surface area contributed by atoms with Gasteiger partial charge >= 0.3 is 5.97 Å². The van der Waals surface area contributed by atoms with Crippen molar-refractivity contribution >= 4 is 48.1 Å². The molecule has 2 aromatic heterocycles. The number of carbonyl (C=O) groups is 1. The summed E-state index contributed by atoms with van der Waals surface area (Å²) in [7, 11) is 0.809. The molecule has 1 aliphatic rings. The molecule has 1 N–H and O–H groups in total. The Hall–Kier alpha value is -4.13. The number of H-pyrrole nitrogens is 1. The number of aromatic amines is 1. The number of nitrogens with one attached hydrogen (secondary N) is 1. The maximum Gasteiger partial charge on any atom is 0.303 e. The summed E-state index contributed by atoms with van der Waals surface area (Å²) in [4.78, 5) is 42.3. The van der Waals surface area contributed by atoms with Crippen molar-refractivity contribution in [2.75, 3.05) is 20.7 Å². The van der Waals surface area contributed by atoms with Crippen LogP contribution in [0.2, 0.25) is 5.04 Å². The van der Waals surface area contributed by atoms with E-state index in [9.17, 15) is 9.59 Å². The van der Waals surface area contributed by atoms with Gasteiger partial charge in [0, 0.05) is 27.4 Å².